The normalized spacial score (nSPS) is 11.5. The summed E-state index contributed by atoms with van der Waals surface area (Å²) in [6, 6.07) is 1.49. The Labute approximate surface area is 76.1 Å². The number of nitrogens with two attached hydrogens (primary N) is 1. The van der Waals surface area contributed by atoms with E-state index in [-0.39, 0.29) is 18.1 Å². The van der Waals surface area contributed by atoms with Gasteiger partial charge in [-0.1, -0.05) is 5.16 Å². The molecular formula is C6H11N3O3S. The van der Waals surface area contributed by atoms with Gasteiger partial charge < -0.3 is 10.3 Å². The van der Waals surface area contributed by atoms with Crippen LogP contribution in [-0.2, 0) is 10.0 Å². The Balaban J connectivity index is 2.69. The number of aromatic nitrogens is 1. The van der Waals surface area contributed by atoms with Crippen LogP contribution >= 0.6 is 0 Å². The molecule has 0 fully saturated rings. The molecule has 1 heterocycles. The first kappa shape index (κ1) is 10.0. The highest BCUT2D eigenvalue weighted by Gasteiger charge is 2.11. The molecule has 0 radical (unpaired) electrons. The molecule has 0 atom stereocenters. The van der Waals surface area contributed by atoms with Crippen LogP contribution < -0.4 is 10.5 Å². The molecule has 0 amide bonds. The van der Waals surface area contributed by atoms with Crippen LogP contribution in [0.5, 0.6) is 0 Å². The van der Waals surface area contributed by atoms with Gasteiger partial charge in [0.25, 0.3) is 0 Å². The number of nitrogens with one attached hydrogen (secondary N) is 1. The number of rotatable bonds is 4. The van der Waals surface area contributed by atoms with Gasteiger partial charge in [0.05, 0.1) is 5.75 Å². The summed E-state index contributed by atoms with van der Waals surface area (Å²) >= 11 is 0. The van der Waals surface area contributed by atoms with E-state index < -0.39 is 10.0 Å². The van der Waals surface area contributed by atoms with Crippen LogP contribution in [0.1, 0.15) is 5.76 Å². The van der Waals surface area contributed by atoms with E-state index in [0.717, 1.165) is 0 Å². The second-order valence-corrected chi connectivity index (χ2v) is 4.37. The first-order valence-electron chi connectivity index (χ1n) is 3.67. The molecule has 3 N–H and O–H groups in total. The van der Waals surface area contributed by atoms with Gasteiger partial charge in [0.2, 0.25) is 10.0 Å². The Morgan fingerprint density at radius 3 is 2.85 bits per heavy atom. The highest BCUT2D eigenvalue weighted by atomic mass is 32.2. The second-order valence-electron chi connectivity index (χ2n) is 2.53. The van der Waals surface area contributed by atoms with Crippen molar-refractivity contribution < 1.29 is 12.9 Å². The lowest BCUT2D eigenvalue weighted by atomic mass is 10.5. The van der Waals surface area contributed by atoms with E-state index >= 15 is 0 Å². The molecule has 6 nitrogen and oxygen atoms in total. The van der Waals surface area contributed by atoms with Crippen molar-refractivity contribution in [2.75, 3.05) is 17.0 Å². The fourth-order valence-corrected chi connectivity index (χ4v) is 1.61. The van der Waals surface area contributed by atoms with Crippen molar-refractivity contribution in [3.05, 3.63) is 11.8 Å². The van der Waals surface area contributed by atoms with E-state index in [1.54, 1.807) is 6.92 Å². The Hall–Kier alpha value is -1.08. The minimum absolute atomic E-state index is 0.0756. The van der Waals surface area contributed by atoms with Crippen LogP contribution in [0.4, 0.5) is 5.82 Å². The quantitative estimate of drug-likeness (QED) is 0.702. The van der Waals surface area contributed by atoms with Gasteiger partial charge in [0.15, 0.2) is 5.82 Å². The van der Waals surface area contributed by atoms with E-state index in [1.165, 1.54) is 6.07 Å². The largest absolute Gasteiger partial charge is 0.360 e. The average molecular weight is 205 g/mol. The molecule has 1 rings (SSSR count). The summed E-state index contributed by atoms with van der Waals surface area (Å²) < 4.78 is 29.2. The van der Waals surface area contributed by atoms with Crippen molar-refractivity contribution >= 4 is 15.8 Å². The zero-order valence-corrected chi connectivity index (χ0v) is 7.97. The lowest BCUT2D eigenvalue weighted by molar-refractivity contribution is 0.400. The van der Waals surface area contributed by atoms with Crippen molar-refractivity contribution in [1.29, 1.82) is 0 Å². The van der Waals surface area contributed by atoms with Gasteiger partial charge in [-0.25, -0.2) is 8.42 Å². The Morgan fingerprint density at radius 1 is 1.69 bits per heavy atom. The maximum atomic E-state index is 11.1. The maximum Gasteiger partial charge on any atom is 0.235 e. The van der Waals surface area contributed by atoms with Gasteiger partial charge in [0.1, 0.15) is 5.76 Å². The molecule has 0 bridgehead atoms. The zero-order valence-electron chi connectivity index (χ0n) is 7.15. The summed E-state index contributed by atoms with van der Waals surface area (Å²) in [6.07, 6.45) is 0. The smallest absolute Gasteiger partial charge is 0.235 e. The molecule has 0 aliphatic carbocycles. The second kappa shape index (κ2) is 3.75. The fourth-order valence-electron chi connectivity index (χ4n) is 0.780. The minimum atomic E-state index is -3.37. The summed E-state index contributed by atoms with van der Waals surface area (Å²) in [6.45, 7) is 1.75. The van der Waals surface area contributed by atoms with Gasteiger partial charge in [-0.15, -0.1) is 0 Å². The summed E-state index contributed by atoms with van der Waals surface area (Å²) in [5, 5.41) is 3.48. The Kier molecular flexibility index (Phi) is 2.89. The molecule has 0 saturated heterocycles. The molecule has 0 aliphatic rings. The number of aryl methyl sites for hydroxylation is 1. The van der Waals surface area contributed by atoms with Gasteiger partial charge in [-0.3, -0.25) is 4.72 Å². The number of anilines is 1. The predicted molar refractivity (Wildman–Crippen MR) is 47.7 cm³/mol. The van der Waals surface area contributed by atoms with Crippen molar-refractivity contribution in [2.24, 2.45) is 5.73 Å². The zero-order chi connectivity index (χ0) is 9.90. The molecule has 0 spiro atoms. The Morgan fingerprint density at radius 2 is 2.38 bits per heavy atom. The third-order valence-electron chi connectivity index (χ3n) is 1.27. The summed E-state index contributed by atoms with van der Waals surface area (Å²) in [5.74, 6) is 0.607. The highest BCUT2D eigenvalue weighted by Crippen LogP contribution is 2.08. The molecule has 7 heteroatoms. The molecule has 0 aromatic carbocycles. The van der Waals surface area contributed by atoms with E-state index in [0.29, 0.717) is 5.76 Å². The summed E-state index contributed by atoms with van der Waals surface area (Å²) in [5.41, 5.74) is 5.11. The standard InChI is InChI=1S/C6H11N3O3S/c1-5-4-6(8-12-5)9-13(10,11)3-2-7/h4H,2-3,7H2,1H3,(H,8,9). The van der Waals surface area contributed by atoms with E-state index in [9.17, 15) is 8.42 Å². The molecular weight excluding hydrogens is 194 g/mol. The third kappa shape index (κ3) is 3.03. The van der Waals surface area contributed by atoms with Crippen molar-refractivity contribution in [1.82, 2.24) is 5.16 Å². The van der Waals surface area contributed by atoms with E-state index in [4.69, 9.17) is 5.73 Å². The van der Waals surface area contributed by atoms with Crippen LogP contribution in [0.2, 0.25) is 0 Å². The minimum Gasteiger partial charge on any atom is -0.360 e. The van der Waals surface area contributed by atoms with Crippen LogP contribution in [-0.4, -0.2) is 25.9 Å². The number of hydrogen-bond donors (Lipinski definition) is 2. The van der Waals surface area contributed by atoms with Crippen LogP contribution in [0, 0.1) is 6.92 Å². The SMILES string of the molecule is Cc1cc(NS(=O)(=O)CCN)no1. The third-order valence-corrected chi connectivity index (χ3v) is 2.57. The van der Waals surface area contributed by atoms with Crippen LogP contribution in [0.15, 0.2) is 10.6 Å². The lowest BCUT2D eigenvalue weighted by Crippen LogP contribution is -2.22. The molecule has 1 aromatic rings. The topological polar surface area (TPSA) is 98.2 Å². The predicted octanol–water partition coefficient (Wildman–Crippen LogP) is -0.317. The summed E-state index contributed by atoms with van der Waals surface area (Å²) in [4.78, 5) is 0. The van der Waals surface area contributed by atoms with Crippen molar-refractivity contribution in [3.8, 4) is 0 Å². The van der Waals surface area contributed by atoms with Gasteiger partial charge in [-0.05, 0) is 6.92 Å². The van der Waals surface area contributed by atoms with Crippen molar-refractivity contribution in [2.45, 2.75) is 6.92 Å². The first-order chi connectivity index (χ1) is 6.03. The summed E-state index contributed by atoms with van der Waals surface area (Å²) in [7, 11) is -3.37. The molecule has 13 heavy (non-hydrogen) atoms. The van der Waals surface area contributed by atoms with Crippen LogP contribution in [0.25, 0.3) is 0 Å². The highest BCUT2D eigenvalue weighted by molar-refractivity contribution is 7.92. The molecule has 0 aliphatic heterocycles. The molecule has 1 aromatic heterocycles. The van der Waals surface area contributed by atoms with Crippen molar-refractivity contribution in [3.63, 3.8) is 0 Å². The van der Waals surface area contributed by atoms with Gasteiger partial charge in [0, 0.05) is 12.6 Å². The lowest BCUT2D eigenvalue weighted by Gasteiger charge is -2.01. The first-order valence-corrected chi connectivity index (χ1v) is 5.32. The number of nitrogens with zero attached hydrogens (tertiary/aromatic N) is 1. The van der Waals surface area contributed by atoms with E-state index in [1.807, 2.05) is 0 Å². The molecule has 0 saturated carbocycles. The monoisotopic (exact) mass is 205 g/mol. The average Bonchev–Trinajstić information content (AvgIpc) is 2.34. The molecule has 74 valence electrons. The van der Waals surface area contributed by atoms with E-state index in [2.05, 4.69) is 14.4 Å². The van der Waals surface area contributed by atoms with Gasteiger partial charge in [-0.2, -0.15) is 0 Å². The van der Waals surface area contributed by atoms with Gasteiger partial charge >= 0.3 is 0 Å². The number of hydrogen-bond acceptors (Lipinski definition) is 5. The van der Waals surface area contributed by atoms with Crippen LogP contribution in [0.3, 0.4) is 0 Å². The molecule has 0 unspecified atom stereocenters. The number of sulfonamides is 1. The fraction of sp³-hybridized carbons (Fsp3) is 0.500. The maximum absolute atomic E-state index is 11.1. The Bertz CT molecular complexity index is 370.